The fraction of sp³-hybridized carbons (Fsp3) is 0.462. The number of nitrogens with one attached hydrogen (secondary N) is 3. The van der Waals surface area contributed by atoms with Gasteiger partial charge >= 0.3 is 0 Å². The molecule has 13 nitrogen and oxygen atoms in total. The van der Waals surface area contributed by atoms with Crippen molar-refractivity contribution >= 4 is 37.3 Å². The first-order chi connectivity index (χ1) is 19.5. The highest BCUT2D eigenvalue weighted by Gasteiger charge is 2.17. The van der Waals surface area contributed by atoms with E-state index < -0.39 is 25.9 Å². The van der Waals surface area contributed by atoms with E-state index in [2.05, 4.69) is 44.0 Å². The molecule has 5 N–H and O–H groups in total. The van der Waals surface area contributed by atoms with Gasteiger partial charge in [0.1, 0.15) is 23.3 Å². The Kier molecular flexibility index (Phi) is 13.6. The lowest BCUT2D eigenvalue weighted by Gasteiger charge is -2.09. The fourth-order valence-electron chi connectivity index (χ4n) is 3.49. The average molecular weight is 608 g/mol. The van der Waals surface area contributed by atoms with Crippen molar-refractivity contribution in [3.8, 4) is 17.6 Å². The molecule has 0 aliphatic carbocycles. The van der Waals surface area contributed by atoms with Gasteiger partial charge in [0, 0.05) is 13.1 Å². The Hall–Kier alpha value is -3.58. The zero-order chi connectivity index (χ0) is 30.3. The van der Waals surface area contributed by atoms with Crippen LogP contribution in [-0.4, -0.2) is 46.0 Å². The smallest absolute Gasteiger partial charge is 0.270 e. The van der Waals surface area contributed by atoms with Gasteiger partial charge in [-0.25, -0.2) is 26.3 Å². The number of nitriles is 1. The highest BCUT2D eigenvalue weighted by atomic mass is 32.2. The second kappa shape index (κ2) is 16.6. The molecule has 0 amide bonds. The minimum Gasteiger partial charge on any atom is -0.506 e. The number of phenolic OH excluding ortho intramolecular Hbond substituents is 2. The second-order valence-electron chi connectivity index (χ2n) is 9.11. The largest absolute Gasteiger partial charge is 0.506 e. The van der Waals surface area contributed by atoms with Crippen molar-refractivity contribution in [1.82, 2.24) is 9.44 Å². The number of rotatable bonds is 17. The molecule has 0 aliphatic heterocycles. The Morgan fingerprint density at radius 1 is 0.805 bits per heavy atom. The predicted molar refractivity (Wildman–Crippen MR) is 156 cm³/mol. The molecule has 0 heterocycles. The summed E-state index contributed by atoms with van der Waals surface area (Å²) < 4.78 is 55.4. The molecule has 0 radical (unpaired) electrons. The van der Waals surface area contributed by atoms with Gasteiger partial charge in [-0.1, -0.05) is 52.4 Å². The van der Waals surface area contributed by atoms with Crippen LogP contribution in [0.15, 0.2) is 61.5 Å². The maximum atomic E-state index is 12.6. The molecular weight excluding hydrogens is 570 g/mol. The number of hydrogen-bond acceptors (Lipinski definition) is 10. The summed E-state index contributed by atoms with van der Waals surface area (Å²) in [6.45, 7) is 4.65. The van der Waals surface area contributed by atoms with E-state index in [9.17, 15) is 32.3 Å². The minimum atomic E-state index is -3.86. The summed E-state index contributed by atoms with van der Waals surface area (Å²) in [5.41, 5.74) is 2.06. The molecular formula is C26H37N7O6S2. The molecule has 2 aromatic rings. The van der Waals surface area contributed by atoms with Crippen molar-refractivity contribution in [3.05, 3.63) is 36.4 Å². The molecule has 0 aromatic heterocycles. The van der Waals surface area contributed by atoms with Crippen LogP contribution in [-0.2, 0) is 20.0 Å². The normalized spacial score (nSPS) is 12.5. The summed E-state index contributed by atoms with van der Waals surface area (Å²) in [6, 6.07) is 8.67. The van der Waals surface area contributed by atoms with Crippen molar-refractivity contribution in [2.24, 2.45) is 15.3 Å². The first-order valence-corrected chi connectivity index (χ1v) is 16.3. The van der Waals surface area contributed by atoms with Gasteiger partial charge in [-0.2, -0.15) is 5.26 Å². The summed E-state index contributed by atoms with van der Waals surface area (Å²) >= 11 is 0. The molecule has 0 unspecified atom stereocenters. The van der Waals surface area contributed by atoms with Crippen LogP contribution in [0.5, 0.6) is 11.5 Å². The van der Waals surface area contributed by atoms with Crippen LogP contribution in [0.1, 0.15) is 65.2 Å². The van der Waals surface area contributed by atoms with Gasteiger partial charge in [0.2, 0.25) is 20.0 Å². The lowest BCUT2D eigenvalue weighted by molar-refractivity contribution is 0.475. The van der Waals surface area contributed by atoms with Crippen LogP contribution >= 0.6 is 0 Å². The third-order valence-corrected chi connectivity index (χ3v) is 8.73. The first-order valence-electron chi connectivity index (χ1n) is 13.3. The summed E-state index contributed by atoms with van der Waals surface area (Å²) in [4.78, 5) is -0.263. The molecule has 0 spiro atoms. The van der Waals surface area contributed by atoms with Crippen LogP contribution in [0.4, 0.5) is 11.4 Å². The molecule has 2 rings (SSSR count). The van der Waals surface area contributed by atoms with E-state index in [-0.39, 0.29) is 45.8 Å². The molecule has 0 atom stereocenters. The number of unbranched alkanes of at least 4 members (excludes halogenated alkanes) is 6. The number of nitrogens with zero attached hydrogens (tertiary/aromatic N) is 4. The molecule has 41 heavy (non-hydrogen) atoms. The number of azo groups is 1. The quantitative estimate of drug-likeness (QED) is 0.0418. The lowest BCUT2D eigenvalue weighted by Crippen LogP contribution is -2.24. The van der Waals surface area contributed by atoms with Crippen molar-refractivity contribution in [3.63, 3.8) is 0 Å². The number of anilines is 1. The van der Waals surface area contributed by atoms with E-state index in [1.165, 1.54) is 18.2 Å². The zero-order valence-electron chi connectivity index (χ0n) is 23.2. The van der Waals surface area contributed by atoms with Gasteiger partial charge in [-0.15, -0.1) is 15.3 Å². The average Bonchev–Trinajstić information content (AvgIpc) is 2.94. The van der Waals surface area contributed by atoms with Crippen molar-refractivity contribution in [2.75, 3.05) is 18.5 Å². The summed E-state index contributed by atoms with van der Waals surface area (Å²) in [5.74, 6) is -1.25. The molecule has 0 fully saturated rings. The molecule has 224 valence electrons. The van der Waals surface area contributed by atoms with Crippen molar-refractivity contribution in [1.29, 1.82) is 5.26 Å². The van der Waals surface area contributed by atoms with Crippen molar-refractivity contribution in [2.45, 2.75) is 75.0 Å². The monoisotopic (exact) mass is 607 g/mol. The van der Waals surface area contributed by atoms with Gasteiger partial charge in [0.05, 0.1) is 15.5 Å². The summed E-state index contributed by atoms with van der Waals surface area (Å²) in [6.07, 6.45) is 7.23. The SMILES string of the molecule is CCCCCCNS(=O)(=O)c1ccc(O)c(/N=N/C(C#N)=N/Nc2cc(S(=O)(=O)NCCCCCC)ccc2O)c1. The summed E-state index contributed by atoms with van der Waals surface area (Å²) in [7, 11) is -7.71. The third-order valence-electron chi connectivity index (χ3n) is 5.82. The highest BCUT2D eigenvalue weighted by Crippen LogP contribution is 2.30. The third kappa shape index (κ3) is 11.1. The molecule has 15 heteroatoms. The van der Waals surface area contributed by atoms with Crippen LogP contribution in [0.2, 0.25) is 0 Å². The van der Waals surface area contributed by atoms with Gasteiger partial charge in [-0.05, 0) is 49.2 Å². The molecule has 0 aliphatic rings. The van der Waals surface area contributed by atoms with Gasteiger partial charge in [0.15, 0.2) is 0 Å². The van der Waals surface area contributed by atoms with Gasteiger partial charge in [-0.3, -0.25) is 5.43 Å². The Labute approximate surface area is 241 Å². The number of hydrogen-bond donors (Lipinski definition) is 5. The van der Waals surface area contributed by atoms with E-state index >= 15 is 0 Å². The maximum Gasteiger partial charge on any atom is 0.270 e. The molecule has 0 bridgehead atoms. The Bertz CT molecular complexity index is 1470. The first kappa shape index (κ1) is 33.6. The standard InChI is InChI=1S/C26H37N7O6S2/c1-3-5-7-9-15-28-40(36,37)20-11-13-24(34)22(17-20)30-32-26(19-27)33-31-23-18-21(12-14-25(23)35)41(38,39)29-16-10-8-6-4-2/h11-14,17-18,28-30,34-35H,3-10,15-16H2,1-2H3/b32-26+,33-31+. The fourth-order valence-corrected chi connectivity index (χ4v) is 5.68. The zero-order valence-corrected chi connectivity index (χ0v) is 24.8. The molecule has 2 aromatic carbocycles. The topological polar surface area (TPSA) is 206 Å². The number of hydrazone groups is 1. The number of aromatic hydroxyl groups is 2. The lowest BCUT2D eigenvalue weighted by atomic mass is 10.2. The minimum absolute atomic E-state index is 0.109. The van der Waals surface area contributed by atoms with Crippen LogP contribution in [0.3, 0.4) is 0 Å². The maximum absolute atomic E-state index is 12.6. The predicted octanol–water partition coefficient (Wildman–Crippen LogP) is 4.85. The Morgan fingerprint density at radius 2 is 1.34 bits per heavy atom. The second-order valence-corrected chi connectivity index (χ2v) is 12.6. The molecule has 0 saturated heterocycles. The van der Waals surface area contributed by atoms with Gasteiger partial charge < -0.3 is 10.2 Å². The van der Waals surface area contributed by atoms with Gasteiger partial charge in [0.25, 0.3) is 5.84 Å². The number of amidine groups is 1. The van der Waals surface area contributed by atoms with E-state index in [0.717, 1.165) is 56.7 Å². The molecule has 0 saturated carbocycles. The van der Waals surface area contributed by atoms with E-state index in [1.807, 2.05) is 0 Å². The van der Waals surface area contributed by atoms with Crippen LogP contribution < -0.4 is 14.9 Å². The van der Waals surface area contributed by atoms with Crippen LogP contribution in [0, 0.1) is 11.3 Å². The Balaban J connectivity index is 2.15. The summed E-state index contributed by atoms with van der Waals surface area (Å²) in [5, 5.41) is 40.7. The highest BCUT2D eigenvalue weighted by molar-refractivity contribution is 7.89. The van der Waals surface area contributed by atoms with E-state index in [4.69, 9.17) is 0 Å². The van der Waals surface area contributed by atoms with Crippen LogP contribution in [0.25, 0.3) is 0 Å². The van der Waals surface area contributed by atoms with Crippen molar-refractivity contribution < 1.29 is 27.0 Å². The Morgan fingerprint density at radius 3 is 1.88 bits per heavy atom. The number of sulfonamides is 2. The number of phenols is 2. The number of benzene rings is 2. The van der Waals surface area contributed by atoms with E-state index in [1.54, 1.807) is 6.07 Å². The van der Waals surface area contributed by atoms with E-state index in [0.29, 0.717) is 12.8 Å².